The van der Waals surface area contributed by atoms with E-state index < -0.39 is 17.8 Å². The number of hydrogen-bond acceptors (Lipinski definition) is 4. The first-order valence-corrected chi connectivity index (χ1v) is 5.06. The summed E-state index contributed by atoms with van der Waals surface area (Å²) in [7, 11) is 1.51. The number of benzene rings is 1. The van der Waals surface area contributed by atoms with E-state index in [-0.39, 0.29) is 11.3 Å². The fourth-order valence-corrected chi connectivity index (χ4v) is 1.43. The number of amides is 1. The summed E-state index contributed by atoms with van der Waals surface area (Å²) in [6.07, 6.45) is 0. The van der Waals surface area contributed by atoms with Crippen LogP contribution >= 0.6 is 0 Å². The number of nitrogens with two attached hydrogens (primary N) is 1. The van der Waals surface area contributed by atoms with Gasteiger partial charge in [0.25, 0.3) is 0 Å². The Morgan fingerprint density at radius 1 is 1.65 bits per heavy atom. The molecular weight excluding hydrogens is 227 g/mol. The van der Waals surface area contributed by atoms with E-state index in [4.69, 9.17) is 10.5 Å². The lowest BCUT2D eigenvalue weighted by molar-refractivity contribution is -0.120. The zero-order valence-corrected chi connectivity index (χ0v) is 9.44. The minimum atomic E-state index is -0.944. The molecule has 0 spiro atoms. The molecule has 0 aliphatic rings. The number of rotatable bonds is 6. The molecule has 1 aromatic rings. The Morgan fingerprint density at radius 3 is 2.94 bits per heavy atom. The molecule has 0 saturated carbocycles. The van der Waals surface area contributed by atoms with Gasteiger partial charge in [0.2, 0.25) is 5.91 Å². The van der Waals surface area contributed by atoms with E-state index in [0.717, 1.165) is 12.1 Å². The lowest BCUT2D eigenvalue weighted by atomic mass is 10.0. The molecule has 0 heterocycles. The smallest absolute Gasteiger partial charge is 0.239 e. The number of methoxy groups -OCH3 is 1. The van der Waals surface area contributed by atoms with Crippen molar-refractivity contribution in [1.82, 2.24) is 5.32 Å². The van der Waals surface area contributed by atoms with Crippen molar-refractivity contribution >= 4 is 5.91 Å². The van der Waals surface area contributed by atoms with Gasteiger partial charge in [-0.2, -0.15) is 0 Å². The number of primary amides is 1. The highest BCUT2D eigenvalue weighted by Gasteiger charge is 2.20. The molecule has 94 valence electrons. The van der Waals surface area contributed by atoms with Crippen LogP contribution in [0.2, 0.25) is 0 Å². The normalized spacial score (nSPS) is 12.4. The third-order valence-electron chi connectivity index (χ3n) is 2.24. The number of nitrogens with one attached hydrogen (secondary N) is 1. The number of phenols is 1. The largest absolute Gasteiger partial charge is 0.508 e. The van der Waals surface area contributed by atoms with Crippen molar-refractivity contribution in [3.63, 3.8) is 0 Å². The summed E-state index contributed by atoms with van der Waals surface area (Å²) in [5.74, 6) is -1.42. The Bertz CT molecular complexity index is 398. The number of carbonyl (C=O) groups excluding carboxylic acids is 1. The van der Waals surface area contributed by atoms with Crippen molar-refractivity contribution in [3.05, 3.63) is 29.6 Å². The van der Waals surface area contributed by atoms with Gasteiger partial charge in [-0.15, -0.1) is 0 Å². The second kappa shape index (κ2) is 6.17. The molecule has 1 unspecified atom stereocenters. The van der Waals surface area contributed by atoms with Crippen LogP contribution in [0.1, 0.15) is 11.6 Å². The molecule has 6 heteroatoms. The molecule has 1 rings (SSSR count). The second-order valence-corrected chi connectivity index (χ2v) is 3.49. The summed E-state index contributed by atoms with van der Waals surface area (Å²) in [5, 5.41) is 12.3. The number of halogens is 1. The molecule has 4 N–H and O–H groups in total. The van der Waals surface area contributed by atoms with Gasteiger partial charge in [0.05, 0.1) is 6.61 Å². The minimum absolute atomic E-state index is 0.119. The monoisotopic (exact) mass is 242 g/mol. The summed E-state index contributed by atoms with van der Waals surface area (Å²) in [6, 6.07) is 2.41. The fraction of sp³-hybridized carbons (Fsp3) is 0.364. The lowest BCUT2D eigenvalue weighted by Crippen LogP contribution is -2.35. The van der Waals surface area contributed by atoms with Crippen LogP contribution in [0, 0.1) is 5.82 Å². The highest BCUT2D eigenvalue weighted by atomic mass is 19.1. The molecule has 5 nitrogen and oxygen atoms in total. The SMILES string of the molecule is COCCNC(C(N)=O)c1cc(F)ccc1O. The number of phenolic OH excluding ortho intramolecular Hbond substituents is 1. The van der Waals surface area contributed by atoms with Crippen molar-refractivity contribution in [1.29, 1.82) is 0 Å². The van der Waals surface area contributed by atoms with Gasteiger partial charge >= 0.3 is 0 Å². The Kier molecular flexibility index (Phi) is 4.86. The maximum Gasteiger partial charge on any atom is 0.239 e. The molecule has 0 aromatic heterocycles. The van der Waals surface area contributed by atoms with Crippen LogP contribution in [-0.2, 0) is 9.53 Å². The average Bonchev–Trinajstić information content (AvgIpc) is 2.28. The first-order valence-electron chi connectivity index (χ1n) is 5.06. The lowest BCUT2D eigenvalue weighted by Gasteiger charge is -2.16. The molecule has 1 atom stereocenters. The number of hydrogen-bond donors (Lipinski definition) is 3. The van der Waals surface area contributed by atoms with Gasteiger partial charge in [-0.3, -0.25) is 10.1 Å². The van der Waals surface area contributed by atoms with Crippen molar-refractivity contribution in [3.8, 4) is 5.75 Å². The number of aromatic hydroxyl groups is 1. The second-order valence-electron chi connectivity index (χ2n) is 3.49. The molecule has 0 fully saturated rings. The van der Waals surface area contributed by atoms with Gasteiger partial charge in [-0.05, 0) is 18.2 Å². The van der Waals surface area contributed by atoms with E-state index in [1.807, 2.05) is 0 Å². The van der Waals surface area contributed by atoms with E-state index in [2.05, 4.69) is 5.32 Å². The molecule has 0 radical (unpaired) electrons. The van der Waals surface area contributed by atoms with E-state index in [9.17, 15) is 14.3 Å². The Morgan fingerprint density at radius 2 is 2.35 bits per heavy atom. The van der Waals surface area contributed by atoms with E-state index in [1.54, 1.807) is 0 Å². The molecule has 0 bridgehead atoms. The van der Waals surface area contributed by atoms with E-state index >= 15 is 0 Å². The summed E-state index contributed by atoms with van der Waals surface area (Å²) < 4.78 is 17.9. The van der Waals surface area contributed by atoms with Crippen molar-refractivity contribution < 1.29 is 19.0 Å². The summed E-state index contributed by atoms with van der Waals surface area (Å²) in [5.41, 5.74) is 5.31. The van der Waals surface area contributed by atoms with Crippen LogP contribution in [0.5, 0.6) is 5.75 Å². The molecule has 1 amide bonds. The Labute approximate surface area is 98.4 Å². The van der Waals surface area contributed by atoms with Crippen LogP contribution in [0.15, 0.2) is 18.2 Å². The fourth-order valence-electron chi connectivity index (χ4n) is 1.43. The molecular formula is C11H15FN2O3. The van der Waals surface area contributed by atoms with Crippen LogP contribution in [-0.4, -0.2) is 31.3 Å². The van der Waals surface area contributed by atoms with Crippen LogP contribution in [0.25, 0.3) is 0 Å². The zero-order chi connectivity index (χ0) is 12.8. The van der Waals surface area contributed by atoms with Gasteiger partial charge < -0.3 is 15.6 Å². The minimum Gasteiger partial charge on any atom is -0.508 e. The first kappa shape index (κ1) is 13.4. The standard InChI is InChI=1S/C11H15FN2O3/c1-17-5-4-14-10(11(13)16)8-6-7(12)2-3-9(8)15/h2-3,6,10,14-15H,4-5H2,1H3,(H2,13,16). The summed E-state index contributed by atoms with van der Waals surface area (Å²) in [4.78, 5) is 11.2. The average molecular weight is 242 g/mol. The summed E-state index contributed by atoms with van der Waals surface area (Å²) in [6.45, 7) is 0.736. The Balaban J connectivity index is 2.89. The predicted octanol–water partition coefficient (Wildman–Crippen LogP) is 0.294. The highest BCUT2D eigenvalue weighted by molar-refractivity contribution is 5.82. The van der Waals surface area contributed by atoms with Crippen LogP contribution < -0.4 is 11.1 Å². The molecule has 1 aromatic carbocycles. The maximum absolute atomic E-state index is 13.0. The van der Waals surface area contributed by atoms with Gasteiger partial charge in [0.1, 0.15) is 17.6 Å². The number of carbonyl (C=O) groups is 1. The van der Waals surface area contributed by atoms with E-state index in [1.165, 1.54) is 13.2 Å². The van der Waals surface area contributed by atoms with Gasteiger partial charge in [0.15, 0.2) is 0 Å². The first-order chi connectivity index (χ1) is 8.06. The third-order valence-corrected chi connectivity index (χ3v) is 2.24. The van der Waals surface area contributed by atoms with Gasteiger partial charge in [-0.25, -0.2) is 4.39 Å². The van der Waals surface area contributed by atoms with Gasteiger partial charge in [0, 0.05) is 19.2 Å². The quantitative estimate of drug-likeness (QED) is 0.626. The molecule has 17 heavy (non-hydrogen) atoms. The molecule has 0 aliphatic carbocycles. The van der Waals surface area contributed by atoms with Crippen molar-refractivity contribution in [2.24, 2.45) is 5.73 Å². The molecule has 0 saturated heterocycles. The third kappa shape index (κ3) is 3.69. The zero-order valence-electron chi connectivity index (χ0n) is 9.44. The van der Waals surface area contributed by atoms with Crippen molar-refractivity contribution in [2.45, 2.75) is 6.04 Å². The van der Waals surface area contributed by atoms with Crippen LogP contribution in [0.4, 0.5) is 4.39 Å². The maximum atomic E-state index is 13.0. The topological polar surface area (TPSA) is 84.6 Å². The van der Waals surface area contributed by atoms with Gasteiger partial charge in [-0.1, -0.05) is 0 Å². The highest BCUT2D eigenvalue weighted by Crippen LogP contribution is 2.24. The summed E-state index contributed by atoms with van der Waals surface area (Å²) >= 11 is 0. The molecule has 0 aliphatic heterocycles. The Hall–Kier alpha value is -1.66. The number of ether oxygens (including phenoxy) is 1. The van der Waals surface area contributed by atoms with Crippen LogP contribution in [0.3, 0.4) is 0 Å². The van der Waals surface area contributed by atoms with E-state index in [0.29, 0.717) is 13.2 Å². The predicted molar refractivity (Wildman–Crippen MR) is 59.9 cm³/mol. The van der Waals surface area contributed by atoms with Crippen molar-refractivity contribution in [2.75, 3.05) is 20.3 Å².